The molecule has 0 bridgehead atoms. The van der Waals surface area contributed by atoms with Crippen LogP contribution in [-0.4, -0.2) is 23.0 Å². The lowest BCUT2D eigenvalue weighted by atomic mass is 10.1. The van der Waals surface area contributed by atoms with E-state index in [0.717, 1.165) is 12.8 Å². The lowest BCUT2D eigenvalue weighted by Crippen LogP contribution is -2.41. The number of rotatable bonds is 4. The van der Waals surface area contributed by atoms with E-state index >= 15 is 0 Å². The van der Waals surface area contributed by atoms with Gasteiger partial charge in [-0.1, -0.05) is 13.3 Å². The minimum absolute atomic E-state index is 0.0426. The van der Waals surface area contributed by atoms with Crippen LogP contribution >= 0.6 is 0 Å². The fraction of sp³-hybridized carbons (Fsp3) is 0.818. The van der Waals surface area contributed by atoms with Crippen molar-refractivity contribution in [2.24, 2.45) is 17.8 Å². The van der Waals surface area contributed by atoms with E-state index in [1.54, 1.807) is 6.92 Å². The van der Waals surface area contributed by atoms with Gasteiger partial charge in [-0.15, -0.1) is 0 Å². The third kappa shape index (κ3) is 1.85. The smallest absolute Gasteiger partial charge is 0.326 e. The van der Waals surface area contributed by atoms with E-state index in [1.165, 1.54) is 6.42 Å². The zero-order chi connectivity index (χ0) is 11.0. The van der Waals surface area contributed by atoms with Crippen LogP contribution in [0, 0.1) is 17.8 Å². The monoisotopic (exact) mass is 211 g/mol. The maximum Gasteiger partial charge on any atom is 0.326 e. The predicted octanol–water partition coefficient (Wildman–Crippen LogP) is 1.01. The van der Waals surface area contributed by atoms with Gasteiger partial charge in [-0.25, -0.2) is 4.79 Å². The molecule has 0 aromatic carbocycles. The third-order valence-electron chi connectivity index (χ3n) is 3.73. The molecule has 0 heterocycles. The molecular formula is C11H17NO3. The maximum absolute atomic E-state index is 11.7. The second kappa shape index (κ2) is 3.83. The summed E-state index contributed by atoms with van der Waals surface area (Å²) < 4.78 is 0. The first kappa shape index (κ1) is 10.5. The molecule has 0 aliphatic heterocycles. The molecule has 2 aliphatic carbocycles. The molecule has 0 aromatic heterocycles. The van der Waals surface area contributed by atoms with Crippen LogP contribution in [0.2, 0.25) is 0 Å². The molecule has 3 atom stereocenters. The molecule has 15 heavy (non-hydrogen) atoms. The van der Waals surface area contributed by atoms with Gasteiger partial charge in [0.15, 0.2) is 0 Å². The van der Waals surface area contributed by atoms with Crippen molar-refractivity contribution in [1.29, 1.82) is 0 Å². The Morgan fingerprint density at radius 1 is 1.40 bits per heavy atom. The first-order chi connectivity index (χ1) is 7.15. The Morgan fingerprint density at radius 2 is 2.00 bits per heavy atom. The quantitative estimate of drug-likeness (QED) is 0.729. The van der Waals surface area contributed by atoms with Gasteiger partial charge in [0.25, 0.3) is 0 Å². The number of carboxylic acids is 1. The number of hydrogen-bond acceptors (Lipinski definition) is 2. The Bertz CT molecular complexity index is 280. The minimum atomic E-state index is -0.934. The summed E-state index contributed by atoms with van der Waals surface area (Å²) in [5, 5.41) is 11.4. The molecule has 3 unspecified atom stereocenters. The summed E-state index contributed by atoms with van der Waals surface area (Å²) in [5.74, 6) is 0.246. The molecule has 0 spiro atoms. The first-order valence-electron chi connectivity index (χ1n) is 5.68. The molecule has 2 fully saturated rings. The van der Waals surface area contributed by atoms with Crippen molar-refractivity contribution in [3.05, 3.63) is 0 Å². The Morgan fingerprint density at radius 3 is 2.47 bits per heavy atom. The number of amides is 1. The van der Waals surface area contributed by atoms with Gasteiger partial charge in [0, 0.05) is 5.92 Å². The van der Waals surface area contributed by atoms with Gasteiger partial charge in [0.1, 0.15) is 6.04 Å². The number of carbonyl (C=O) groups is 2. The van der Waals surface area contributed by atoms with E-state index in [-0.39, 0.29) is 11.8 Å². The predicted molar refractivity (Wildman–Crippen MR) is 54.2 cm³/mol. The van der Waals surface area contributed by atoms with Crippen molar-refractivity contribution in [2.75, 3.05) is 0 Å². The Labute approximate surface area is 89.0 Å². The number of carbonyl (C=O) groups excluding carboxylic acids is 1. The van der Waals surface area contributed by atoms with Crippen molar-refractivity contribution in [3.8, 4) is 0 Å². The van der Waals surface area contributed by atoms with Gasteiger partial charge in [0.05, 0.1) is 0 Å². The standard InChI is InChI=1S/C11H17NO3/c1-2-8(11(14)15)12-10(13)9-6-4-3-5-7(6)9/h6-9H,2-5H2,1H3,(H,12,13)(H,14,15). The van der Waals surface area contributed by atoms with Crippen LogP contribution in [0.25, 0.3) is 0 Å². The van der Waals surface area contributed by atoms with Crippen LogP contribution < -0.4 is 5.32 Å². The molecular weight excluding hydrogens is 194 g/mol. The first-order valence-corrected chi connectivity index (χ1v) is 5.68. The molecule has 0 radical (unpaired) electrons. The number of nitrogens with one attached hydrogen (secondary N) is 1. The molecule has 2 rings (SSSR count). The van der Waals surface area contributed by atoms with Gasteiger partial charge in [-0.2, -0.15) is 0 Å². The topological polar surface area (TPSA) is 66.4 Å². The van der Waals surface area contributed by atoms with Crippen LogP contribution in [0.4, 0.5) is 0 Å². The summed E-state index contributed by atoms with van der Waals surface area (Å²) in [6.07, 6.45) is 3.97. The summed E-state index contributed by atoms with van der Waals surface area (Å²) in [4.78, 5) is 22.5. The van der Waals surface area contributed by atoms with Crippen molar-refractivity contribution in [1.82, 2.24) is 5.32 Å². The van der Waals surface area contributed by atoms with Crippen LogP contribution in [0.5, 0.6) is 0 Å². The van der Waals surface area contributed by atoms with Gasteiger partial charge < -0.3 is 10.4 Å². The summed E-state index contributed by atoms with van der Waals surface area (Å²) in [6.45, 7) is 1.77. The number of fused-ring (bicyclic) bond motifs is 1. The summed E-state index contributed by atoms with van der Waals surface area (Å²) in [5.41, 5.74) is 0. The highest BCUT2D eigenvalue weighted by atomic mass is 16.4. The minimum Gasteiger partial charge on any atom is -0.480 e. The fourth-order valence-electron chi connectivity index (χ4n) is 2.82. The van der Waals surface area contributed by atoms with E-state index in [4.69, 9.17) is 5.11 Å². The highest BCUT2D eigenvalue weighted by Crippen LogP contribution is 2.57. The lowest BCUT2D eigenvalue weighted by molar-refractivity contribution is -0.142. The molecule has 0 saturated heterocycles. The van der Waals surface area contributed by atoms with E-state index in [1.807, 2.05) is 0 Å². The fourth-order valence-corrected chi connectivity index (χ4v) is 2.82. The van der Waals surface area contributed by atoms with Gasteiger partial charge >= 0.3 is 5.97 Å². The molecule has 4 heteroatoms. The van der Waals surface area contributed by atoms with Gasteiger partial charge in [0.2, 0.25) is 5.91 Å². The largest absolute Gasteiger partial charge is 0.480 e. The van der Waals surface area contributed by atoms with E-state index in [9.17, 15) is 9.59 Å². The molecule has 84 valence electrons. The third-order valence-corrected chi connectivity index (χ3v) is 3.73. The zero-order valence-electron chi connectivity index (χ0n) is 8.90. The van der Waals surface area contributed by atoms with Crippen molar-refractivity contribution in [3.63, 3.8) is 0 Å². The second-order valence-electron chi connectivity index (χ2n) is 4.59. The SMILES string of the molecule is CCC(NC(=O)C1C2CCCC21)C(=O)O. The highest BCUT2D eigenvalue weighted by molar-refractivity contribution is 5.87. The van der Waals surface area contributed by atoms with E-state index < -0.39 is 12.0 Å². The highest BCUT2D eigenvalue weighted by Gasteiger charge is 2.56. The van der Waals surface area contributed by atoms with Crippen molar-refractivity contribution in [2.45, 2.75) is 38.6 Å². The Kier molecular flexibility index (Phi) is 2.67. The Hall–Kier alpha value is -1.06. The lowest BCUT2D eigenvalue weighted by Gasteiger charge is -2.12. The zero-order valence-corrected chi connectivity index (χ0v) is 8.90. The summed E-state index contributed by atoms with van der Waals surface area (Å²) in [6, 6.07) is -0.709. The molecule has 2 saturated carbocycles. The molecule has 2 aliphatic rings. The van der Waals surface area contributed by atoms with E-state index in [0.29, 0.717) is 18.3 Å². The molecule has 1 amide bonds. The van der Waals surface area contributed by atoms with Gasteiger partial charge in [-0.3, -0.25) is 4.79 Å². The normalized spacial score (nSPS) is 34.3. The average Bonchev–Trinajstić information content (AvgIpc) is 2.68. The molecule has 0 aromatic rings. The van der Waals surface area contributed by atoms with E-state index in [2.05, 4.69) is 5.32 Å². The van der Waals surface area contributed by atoms with Crippen molar-refractivity contribution >= 4 is 11.9 Å². The maximum atomic E-state index is 11.7. The van der Waals surface area contributed by atoms with Crippen LogP contribution in [0.3, 0.4) is 0 Å². The van der Waals surface area contributed by atoms with Crippen LogP contribution in [-0.2, 0) is 9.59 Å². The number of carboxylic acid groups (broad SMARTS) is 1. The van der Waals surface area contributed by atoms with Gasteiger partial charge in [-0.05, 0) is 31.1 Å². The summed E-state index contributed by atoms with van der Waals surface area (Å²) in [7, 11) is 0. The van der Waals surface area contributed by atoms with Crippen LogP contribution in [0.1, 0.15) is 32.6 Å². The molecule has 2 N–H and O–H groups in total. The Balaban J connectivity index is 1.85. The van der Waals surface area contributed by atoms with Crippen molar-refractivity contribution < 1.29 is 14.7 Å². The number of aliphatic carboxylic acids is 1. The summed E-state index contributed by atoms with van der Waals surface area (Å²) >= 11 is 0. The molecule has 4 nitrogen and oxygen atoms in total. The average molecular weight is 211 g/mol. The van der Waals surface area contributed by atoms with Crippen LogP contribution in [0.15, 0.2) is 0 Å². The number of hydrogen-bond donors (Lipinski definition) is 2. The second-order valence-corrected chi connectivity index (χ2v) is 4.59.